The molecule has 0 aromatic carbocycles. The summed E-state index contributed by atoms with van der Waals surface area (Å²) in [5.74, 6) is -1.60. The number of aliphatic hydroxyl groups excluding tert-OH is 2. The van der Waals surface area contributed by atoms with Gasteiger partial charge < -0.3 is 34.2 Å². The first kappa shape index (κ1) is 119. The molecule has 0 aliphatic heterocycles. The molecule has 5 unspecified atom stereocenters. The number of hydrogen-bond donors (Lipinski definition) is 4. The minimum absolute atomic E-state index is 0.0680. The molecule has 0 aliphatic carbocycles. The van der Waals surface area contributed by atoms with Gasteiger partial charge in [0.15, 0.2) is 6.10 Å². The molecule has 16 nitrogen and oxygen atoms in total. The Labute approximate surface area is 762 Å². The molecule has 0 bridgehead atoms. The van der Waals surface area contributed by atoms with E-state index in [2.05, 4.69) is 227 Å². The standard InChI is InChI=1S/C107H178O16P2/c1-4-7-10-13-16-19-22-25-28-31-34-37-40-42-44-46-48-49-50-51-53-55-56-58-61-63-66-69-72-75-78-81-84-87-90-93-105(110)117-96-102(108)97-119-124(113,114)120-98-103(109)99-121-125(115,116)122-101-104(123-107(112)95-92-89-86-83-80-77-74-71-68-65-60-39-36-33-30-27-24-21-18-15-12-9-6-3)100-118-106(111)94-91-88-85-82-79-76-73-70-67-64-62-59-57-54-52-47-45-43-41-38-35-32-29-26-23-20-17-14-11-8-5-2/h7-12,16-21,25-30,34-39,42-45,52,54,65,68,74,77,102-104,108-109H,4-6,13-15,22-24,31-33,40-41,46-51,53,55-64,66-67,69-73,75-76,78-101H2,1-3H3,(H,113,114)(H,115,116)/b10-7-,11-8-,12-9-,19-16-,20-17-,21-18-,28-25-,29-26-,30-27-,37-34-,38-35-,39-36-,44-42-,45-43-,54-52-,68-65-,77-74-. The lowest BCUT2D eigenvalue weighted by Crippen LogP contribution is -2.30. The van der Waals surface area contributed by atoms with E-state index in [1.807, 2.05) is 0 Å². The van der Waals surface area contributed by atoms with E-state index >= 15 is 0 Å². The zero-order valence-electron chi connectivity index (χ0n) is 78.7. The molecular weight excluding hydrogens is 1600 g/mol. The van der Waals surface area contributed by atoms with Crippen molar-refractivity contribution in [2.75, 3.05) is 39.6 Å². The lowest BCUT2D eigenvalue weighted by Gasteiger charge is -2.21. The van der Waals surface area contributed by atoms with E-state index < -0.39 is 91.5 Å². The molecule has 0 heterocycles. The van der Waals surface area contributed by atoms with Gasteiger partial charge in [0.05, 0.1) is 26.4 Å². The number of rotatable bonds is 92. The van der Waals surface area contributed by atoms with E-state index in [0.717, 1.165) is 186 Å². The van der Waals surface area contributed by atoms with Crippen molar-refractivity contribution >= 4 is 33.6 Å². The number of phosphoric acid groups is 2. The Hall–Kier alpha value is -5.87. The lowest BCUT2D eigenvalue weighted by atomic mass is 10.0. The highest BCUT2D eigenvalue weighted by Gasteiger charge is 2.30. The quantitative estimate of drug-likeness (QED) is 0.0146. The monoisotopic (exact) mass is 1780 g/mol. The van der Waals surface area contributed by atoms with Gasteiger partial charge in [-0.05, 0) is 167 Å². The molecule has 0 radical (unpaired) electrons. The normalized spacial score (nSPS) is 14.6. The smallest absolute Gasteiger partial charge is 0.463 e. The van der Waals surface area contributed by atoms with E-state index in [9.17, 15) is 43.5 Å². The second-order valence-electron chi connectivity index (χ2n) is 32.4. The number of esters is 3. The van der Waals surface area contributed by atoms with Crippen molar-refractivity contribution in [1.82, 2.24) is 0 Å². The van der Waals surface area contributed by atoms with Crippen LogP contribution in [0.1, 0.15) is 393 Å². The summed E-state index contributed by atoms with van der Waals surface area (Å²) in [7, 11) is -9.83. The Morgan fingerprint density at radius 2 is 0.400 bits per heavy atom. The average Bonchev–Trinajstić information content (AvgIpc) is 0.901. The SMILES string of the molecule is CC/C=C\C/C=C\C/C=C\C/C=C\C/C=C\C/C=C\CCCCCCCCCCCCCCC(=O)OCC(COP(=O)(O)OCC(O)COP(=O)(O)OCC(O)COC(=O)CCCCCCCCCCCCCCCCCCCCC/C=C\C/C=C\C/C=C\C/C=C\C/C=C\CC)OC(=O)CCCCCC/C=C\C/C=C\C/C=C\C/C=C\C/C=C\C/C=C\CC. The van der Waals surface area contributed by atoms with Gasteiger partial charge in [0.25, 0.3) is 0 Å². The van der Waals surface area contributed by atoms with Gasteiger partial charge in [-0.2, -0.15) is 0 Å². The van der Waals surface area contributed by atoms with Crippen molar-refractivity contribution in [2.24, 2.45) is 0 Å². The summed E-state index contributed by atoms with van der Waals surface area (Å²) >= 11 is 0. The fourth-order valence-electron chi connectivity index (χ4n) is 13.1. The zero-order valence-corrected chi connectivity index (χ0v) is 80.5. The van der Waals surface area contributed by atoms with Crippen LogP contribution in [-0.2, 0) is 55.8 Å². The second-order valence-corrected chi connectivity index (χ2v) is 35.3. The molecule has 0 amide bonds. The van der Waals surface area contributed by atoms with Crippen LogP contribution in [0.25, 0.3) is 0 Å². The minimum atomic E-state index is -4.96. The van der Waals surface area contributed by atoms with Crippen molar-refractivity contribution in [1.29, 1.82) is 0 Å². The van der Waals surface area contributed by atoms with Gasteiger partial charge in [0, 0.05) is 19.3 Å². The third-order valence-electron chi connectivity index (χ3n) is 20.5. The highest BCUT2D eigenvalue weighted by Crippen LogP contribution is 2.45. The molecule has 5 atom stereocenters. The van der Waals surface area contributed by atoms with E-state index in [0.29, 0.717) is 19.3 Å². The van der Waals surface area contributed by atoms with Gasteiger partial charge in [0.1, 0.15) is 25.4 Å². The summed E-state index contributed by atoms with van der Waals surface area (Å²) in [6.45, 7) is 2.35. The number of allylic oxidation sites excluding steroid dienone is 34. The van der Waals surface area contributed by atoms with Crippen LogP contribution in [0.3, 0.4) is 0 Å². The van der Waals surface area contributed by atoms with E-state index in [4.69, 9.17) is 32.3 Å². The molecule has 0 fully saturated rings. The maximum absolute atomic E-state index is 13.1. The first-order chi connectivity index (χ1) is 61.2. The van der Waals surface area contributed by atoms with Crippen LogP contribution in [0.15, 0.2) is 207 Å². The van der Waals surface area contributed by atoms with Crippen LogP contribution < -0.4 is 0 Å². The highest BCUT2D eigenvalue weighted by molar-refractivity contribution is 7.47. The molecular formula is C107H178O16P2. The number of hydrogen-bond acceptors (Lipinski definition) is 14. The highest BCUT2D eigenvalue weighted by atomic mass is 31.2. The molecule has 0 aromatic heterocycles. The van der Waals surface area contributed by atoms with Crippen molar-refractivity contribution in [3.05, 3.63) is 207 Å². The largest absolute Gasteiger partial charge is 0.472 e. The summed E-state index contributed by atoms with van der Waals surface area (Å²) in [6.07, 6.45) is 132. The summed E-state index contributed by atoms with van der Waals surface area (Å²) in [5, 5.41) is 20.8. The van der Waals surface area contributed by atoms with Crippen LogP contribution in [0.4, 0.5) is 0 Å². The van der Waals surface area contributed by atoms with Crippen molar-refractivity contribution < 1.29 is 75.8 Å². The maximum atomic E-state index is 13.1. The second kappa shape index (κ2) is 97.2. The first-order valence-corrected chi connectivity index (χ1v) is 52.4. The fourth-order valence-corrected chi connectivity index (χ4v) is 14.7. The number of carbonyl (C=O) groups excluding carboxylic acids is 3. The molecule has 712 valence electrons. The van der Waals surface area contributed by atoms with Gasteiger partial charge in [0.2, 0.25) is 0 Å². The number of aliphatic hydroxyl groups is 2. The Bertz CT molecular complexity index is 3100. The maximum Gasteiger partial charge on any atom is 0.472 e. The summed E-state index contributed by atoms with van der Waals surface area (Å²) in [4.78, 5) is 59.1. The molecule has 0 aromatic rings. The number of unbranched alkanes of at least 4 members (excludes halogenated alkanes) is 35. The summed E-state index contributed by atoms with van der Waals surface area (Å²) in [5.41, 5.74) is 0. The molecule has 0 aliphatic rings. The minimum Gasteiger partial charge on any atom is -0.463 e. The first-order valence-electron chi connectivity index (χ1n) is 49.4. The third-order valence-corrected chi connectivity index (χ3v) is 22.4. The summed E-state index contributed by atoms with van der Waals surface area (Å²) < 4.78 is 61.6. The van der Waals surface area contributed by atoms with E-state index in [1.54, 1.807) is 0 Å². The molecule has 0 saturated heterocycles. The topological polar surface area (TPSA) is 231 Å². The zero-order chi connectivity index (χ0) is 90.7. The predicted molar refractivity (Wildman–Crippen MR) is 527 cm³/mol. The van der Waals surface area contributed by atoms with Gasteiger partial charge >= 0.3 is 33.6 Å². The molecule has 0 spiro atoms. The summed E-state index contributed by atoms with van der Waals surface area (Å²) in [6, 6.07) is 0. The average molecular weight is 1780 g/mol. The number of ether oxygens (including phenoxy) is 3. The van der Waals surface area contributed by atoms with Crippen molar-refractivity contribution in [2.45, 2.75) is 411 Å². The van der Waals surface area contributed by atoms with Crippen molar-refractivity contribution in [3.8, 4) is 0 Å². The molecule has 0 rings (SSSR count). The van der Waals surface area contributed by atoms with Gasteiger partial charge in [-0.25, -0.2) is 9.13 Å². The Morgan fingerprint density at radius 3 is 0.632 bits per heavy atom. The predicted octanol–water partition coefficient (Wildman–Crippen LogP) is 31.1. The van der Waals surface area contributed by atoms with Crippen LogP contribution in [0, 0.1) is 0 Å². The van der Waals surface area contributed by atoms with Crippen molar-refractivity contribution in [3.63, 3.8) is 0 Å². The molecule has 18 heteroatoms. The van der Waals surface area contributed by atoms with E-state index in [-0.39, 0.29) is 19.3 Å². The van der Waals surface area contributed by atoms with Crippen LogP contribution in [0.5, 0.6) is 0 Å². The molecule has 0 saturated carbocycles. The Balaban J connectivity index is 4.59. The van der Waals surface area contributed by atoms with Gasteiger partial charge in [-0.15, -0.1) is 0 Å². The number of carbonyl (C=O) groups is 3. The van der Waals surface area contributed by atoms with Crippen LogP contribution >= 0.6 is 15.6 Å². The van der Waals surface area contributed by atoms with Gasteiger partial charge in [-0.1, -0.05) is 414 Å². The van der Waals surface area contributed by atoms with E-state index in [1.165, 1.54) is 148 Å². The number of phosphoric ester groups is 2. The Kier molecular flexibility index (Phi) is 92.6. The van der Waals surface area contributed by atoms with Crippen LogP contribution in [-0.4, -0.2) is 95.9 Å². The van der Waals surface area contributed by atoms with Gasteiger partial charge in [-0.3, -0.25) is 32.5 Å². The third kappa shape index (κ3) is 98.6. The fraction of sp³-hybridized carbons (Fsp3) is 0.654. The molecule has 125 heavy (non-hydrogen) atoms. The Morgan fingerprint density at radius 1 is 0.224 bits per heavy atom. The molecule has 4 N–H and O–H groups in total. The lowest BCUT2D eigenvalue weighted by molar-refractivity contribution is -0.161. The van der Waals surface area contributed by atoms with Crippen LogP contribution in [0.2, 0.25) is 0 Å².